The fourth-order valence-corrected chi connectivity index (χ4v) is 1.74. The Bertz CT molecular complexity index is 190. The molecule has 1 amide bonds. The average molecular weight is 198 g/mol. The molecule has 3 heteroatoms. The molecule has 0 saturated heterocycles. The molecule has 1 unspecified atom stereocenters. The minimum atomic E-state index is -0.0265. The van der Waals surface area contributed by atoms with E-state index in [-0.39, 0.29) is 11.8 Å². The van der Waals surface area contributed by atoms with Crippen molar-refractivity contribution >= 4 is 5.91 Å². The second-order valence-electron chi connectivity index (χ2n) is 4.48. The van der Waals surface area contributed by atoms with Crippen LogP contribution in [0.5, 0.6) is 0 Å². The van der Waals surface area contributed by atoms with Gasteiger partial charge in [0.25, 0.3) is 0 Å². The molecule has 0 aromatic rings. The third-order valence-corrected chi connectivity index (χ3v) is 3.25. The van der Waals surface area contributed by atoms with Crippen LogP contribution >= 0.6 is 0 Å². The van der Waals surface area contributed by atoms with Gasteiger partial charge in [-0.05, 0) is 12.3 Å². The zero-order chi connectivity index (χ0) is 10.6. The van der Waals surface area contributed by atoms with Crippen molar-refractivity contribution in [2.75, 3.05) is 20.1 Å². The summed E-state index contributed by atoms with van der Waals surface area (Å²) < 4.78 is 0. The maximum Gasteiger partial charge on any atom is 0.226 e. The topological polar surface area (TPSA) is 46.3 Å². The number of hydrogen-bond acceptors (Lipinski definition) is 2. The minimum Gasteiger partial charge on any atom is -0.345 e. The molecule has 1 fully saturated rings. The molecule has 1 rings (SSSR count). The summed E-state index contributed by atoms with van der Waals surface area (Å²) in [5, 5.41) is 0. The number of nitrogens with zero attached hydrogens (tertiary/aromatic N) is 1. The molecule has 0 spiro atoms. The van der Waals surface area contributed by atoms with Crippen LogP contribution < -0.4 is 5.73 Å². The van der Waals surface area contributed by atoms with Crippen molar-refractivity contribution in [1.29, 1.82) is 0 Å². The van der Waals surface area contributed by atoms with Crippen molar-refractivity contribution < 1.29 is 4.79 Å². The van der Waals surface area contributed by atoms with E-state index in [0.717, 1.165) is 12.5 Å². The molecule has 1 atom stereocenters. The predicted octanol–water partition coefficient (Wildman–Crippen LogP) is 1.23. The fourth-order valence-electron chi connectivity index (χ4n) is 1.74. The smallest absolute Gasteiger partial charge is 0.226 e. The lowest BCUT2D eigenvalue weighted by Crippen LogP contribution is -2.36. The van der Waals surface area contributed by atoms with E-state index in [2.05, 4.69) is 0 Å². The fraction of sp³-hybridized carbons (Fsp3) is 0.909. The largest absolute Gasteiger partial charge is 0.345 e. The van der Waals surface area contributed by atoms with Crippen LogP contribution in [0, 0.1) is 11.8 Å². The standard InChI is InChI=1S/C11H22N2O/c1-9(8-12)11(14)13(2)7-6-10-4-3-5-10/h9-10H,3-8,12H2,1-2H3. The molecule has 0 bridgehead atoms. The van der Waals surface area contributed by atoms with Gasteiger partial charge in [-0.15, -0.1) is 0 Å². The predicted molar refractivity (Wildman–Crippen MR) is 57.8 cm³/mol. The molecule has 14 heavy (non-hydrogen) atoms. The van der Waals surface area contributed by atoms with Gasteiger partial charge in [-0.3, -0.25) is 4.79 Å². The van der Waals surface area contributed by atoms with Gasteiger partial charge in [-0.2, -0.15) is 0 Å². The molecule has 82 valence electrons. The molecule has 0 heterocycles. The highest BCUT2D eigenvalue weighted by molar-refractivity contribution is 5.78. The van der Waals surface area contributed by atoms with Gasteiger partial charge in [-0.25, -0.2) is 0 Å². The van der Waals surface area contributed by atoms with Gasteiger partial charge in [-0.1, -0.05) is 26.2 Å². The van der Waals surface area contributed by atoms with E-state index in [0.29, 0.717) is 6.54 Å². The van der Waals surface area contributed by atoms with Crippen LogP contribution in [0.4, 0.5) is 0 Å². The molecule has 0 radical (unpaired) electrons. The van der Waals surface area contributed by atoms with Crippen molar-refractivity contribution in [3.63, 3.8) is 0 Å². The van der Waals surface area contributed by atoms with Crippen molar-refractivity contribution in [2.24, 2.45) is 17.6 Å². The van der Waals surface area contributed by atoms with E-state index in [1.807, 2.05) is 18.9 Å². The first-order valence-corrected chi connectivity index (χ1v) is 5.60. The van der Waals surface area contributed by atoms with E-state index in [1.54, 1.807) is 0 Å². The van der Waals surface area contributed by atoms with Gasteiger partial charge >= 0.3 is 0 Å². The van der Waals surface area contributed by atoms with Gasteiger partial charge in [0.05, 0.1) is 0 Å². The summed E-state index contributed by atoms with van der Waals surface area (Å²) in [5.41, 5.74) is 5.46. The van der Waals surface area contributed by atoms with E-state index in [4.69, 9.17) is 5.73 Å². The zero-order valence-corrected chi connectivity index (χ0v) is 9.33. The Hall–Kier alpha value is -0.570. The van der Waals surface area contributed by atoms with Gasteiger partial charge in [0, 0.05) is 26.1 Å². The average Bonchev–Trinajstić information content (AvgIpc) is 2.12. The van der Waals surface area contributed by atoms with E-state index >= 15 is 0 Å². The molecular weight excluding hydrogens is 176 g/mol. The molecule has 0 aromatic carbocycles. The molecule has 0 aromatic heterocycles. The Kier molecular flexibility index (Phi) is 4.39. The number of carbonyl (C=O) groups excluding carboxylic acids is 1. The van der Waals surface area contributed by atoms with Crippen molar-refractivity contribution in [2.45, 2.75) is 32.6 Å². The summed E-state index contributed by atoms with van der Waals surface area (Å²) in [6.07, 6.45) is 5.25. The summed E-state index contributed by atoms with van der Waals surface area (Å²) in [6, 6.07) is 0. The second-order valence-corrected chi connectivity index (χ2v) is 4.48. The lowest BCUT2D eigenvalue weighted by molar-refractivity contribution is -0.133. The van der Waals surface area contributed by atoms with E-state index in [9.17, 15) is 4.79 Å². The molecule has 1 aliphatic rings. The molecule has 2 N–H and O–H groups in total. The minimum absolute atomic E-state index is 0.0265. The second kappa shape index (κ2) is 5.35. The maximum absolute atomic E-state index is 11.6. The summed E-state index contributed by atoms with van der Waals surface area (Å²) >= 11 is 0. The van der Waals surface area contributed by atoms with Crippen LogP contribution in [-0.4, -0.2) is 30.9 Å². The summed E-state index contributed by atoms with van der Waals surface area (Å²) in [5.74, 6) is 1.03. The number of hydrogen-bond donors (Lipinski definition) is 1. The number of amides is 1. The van der Waals surface area contributed by atoms with E-state index in [1.165, 1.54) is 25.7 Å². The lowest BCUT2D eigenvalue weighted by atomic mass is 9.83. The Balaban J connectivity index is 2.18. The Morgan fingerprint density at radius 1 is 1.57 bits per heavy atom. The highest BCUT2D eigenvalue weighted by Crippen LogP contribution is 2.29. The SMILES string of the molecule is CC(CN)C(=O)N(C)CCC1CCC1. The maximum atomic E-state index is 11.6. The highest BCUT2D eigenvalue weighted by atomic mass is 16.2. The van der Waals surface area contributed by atoms with Gasteiger partial charge < -0.3 is 10.6 Å². The molecule has 1 saturated carbocycles. The van der Waals surface area contributed by atoms with Crippen LogP contribution in [0.1, 0.15) is 32.6 Å². The normalized spacial score (nSPS) is 18.8. The zero-order valence-electron chi connectivity index (χ0n) is 9.33. The summed E-state index contributed by atoms with van der Waals surface area (Å²) in [7, 11) is 1.88. The summed E-state index contributed by atoms with van der Waals surface area (Å²) in [6.45, 7) is 3.24. The van der Waals surface area contributed by atoms with E-state index < -0.39 is 0 Å². The lowest BCUT2D eigenvalue weighted by Gasteiger charge is -2.28. The third-order valence-electron chi connectivity index (χ3n) is 3.25. The van der Waals surface area contributed by atoms with Gasteiger partial charge in [0.1, 0.15) is 0 Å². The van der Waals surface area contributed by atoms with Crippen LogP contribution in [-0.2, 0) is 4.79 Å². The highest BCUT2D eigenvalue weighted by Gasteiger charge is 2.20. The van der Waals surface area contributed by atoms with Crippen LogP contribution in [0.3, 0.4) is 0 Å². The van der Waals surface area contributed by atoms with Crippen LogP contribution in [0.25, 0.3) is 0 Å². The molecule has 1 aliphatic carbocycles. The van der Waals surface area contributed by atoms with Crippen LogP contribution in [0.2, 0.25) is 0 Å². The monoisotopic (exact) mass is 198 g/mol. The number of carbonyl (C=O) groups is 1. The Morgan fingerprint density at radius 2 is 2.21 bits per heavy atom. The van der Waals surface area contributed by atoms with Crippen molar-refractivity contribution in [3.05, 3.63) is 0 Å². The first kappa shape index (κ1) is 11.5. The number of rotatable bonds is 5. The number of nitrogens with two attached hydrogens (primary N) is 1. The third kappa shape index (κ3) is 2.98. The van der Waals surface area contributed by atoms with Crippen molar-refractivity contribution in [1.82, 2.24) is 4.90 Å². The quantitative estimate of drug-likeness (QED) is 0.722. The first-order chi connectivity index (χ1) is 6.65. The van der Waals surface area contributed by atoms with Crippen molar-refractivity contribution in [3.8, 4) is 0 Å². The van der Waals surface area contributed by atoms with Gasteiger partial charge in [0.2, 0.25) is 5.91 Å². The van der Waals surface area contributed by atoms with Gasteiger partial charge in [0.15, 0.2) is 0 Å². The first-order valence-electron chi connectivity index (χ1n) is 5.60. The Morgan fingerprint density at radius 3 is 2.64 bits per heavy atom. The Labute approximate surface area is 86.6 Å². The molecule has 3 nitrogen and oxygen atoms in total. The molecular formula is C11H22N2O. The summed E-state index contributed by atoms with van der Waals surface area (Å²) in [4.78, 5) is 13.5. The van der Waals surface area contributed by atoms with Crippen LogP contribution in [0.15, 0.2) is 0 Å². The molecule has 0 aliphatic heterocycles.